The lowest BCUT2D eigenvalue weighted by atomic mass is 10.1. The Balaban J connectivity index is 1.89. The number of benzene rings is 4. The fraction of sp³-hybridized carbons (Fsp3) is 0.0385. The second kappa shape index (κ2) is 9.41. The van der Waals surface area contributed by atoms with Crippen molar-refractivity contribution >= 4 is 21.5 Å². The summed E-state index contributed by atoms with van der Waals surface area (Å²) < 4.78 is 30.7. The van der Waals surface area contributed by atoms with Crippen molar-refractivity contribution in [2.45, 2.75) is 11.4 Å². The molecule has 4 aromatic carbocycles. The Labute approximate surface area is 183 Å². The van der Waals surface area contributed by atoms with Crippen LogP contribution >= 0.6 is 0 Å². The first-order valence-corrected chi connectivity index (χ1v) is 11.4. The fourth-order valence-corrected chi connectivity index (χ4v) is 4.30. The molecule has 0 saturated heterocycles. The molecule has 0 radical (unpaired) electrons. The summed E-state index contributed by atoms with van der Waals surface area (Å²) in [6.07, 6.45) is 0. The molecule has 0 atom stereocenters. The Bertz CT molecular complexity index is 1240. The Morgan fingerprint density at radius 1 is 0.645 bits per heavy atom. The van der Waals surface area contributed by atoms with Gasteiger partial charge in [0.2, 0.25) is 0 Å². The molecule has 0 bridgehead atoms. The van der Waals surface area contributed by atoms with Crippen molar-refractivity contribution in [1.82, 2.24) is 0 Å². The molecule has 0 unspecified atom stereocenters. The van der Waals surface area contributed by atoms with Gasteiger partial charge in [0.05, 0.1) is 4.90 Å². The molecule has 0 saturated carbocycles. The van der Waals surface area contributed by atoms with Gasteiger partial charge in [-0.25, -0.2) is 0 Å². The molecular weight excluding hydrogens is 404 g/mol. The van der Waals surface area contributed by atoms with Gasteiger partial charge in [0.25, 0.3) is 10.0 Å². The van der Waals surface area contributed by atoms with Crippen LogP contribution in [0.1, 0.15) is 11.1 Å². The van der Waals surface area contributed by atoms with Crippen molar-refractivity contribution in [3.63, 3.8) is 0 Å². The molecule has 0 fully saturated rings. The summed E-state index contributed by atoms with van der Waals surface area (Å²) in [5.41, 5.74) is 2.63. The lowest BCUT2D eigenvalue weighted by Crippen LogP contribution is -2.32. The van der Waals surface area contributed by atoms with E-state index >= 15 is 0 Å². The maximum Gasteiger partial charge on any atom is 0.284 e. The Hall–Kier alpha value is -3.70. The van der Waals surface area contributed by atoms with E-state index in [1.807, 2.05) is 95.9 Å². The quantitative estimate of drug-likeness (QED) is 0.301. The average Bonchev–Trinajstić information content (AvgIpc) is 2.84. The summed E-state index contributed by atoms with van der Waals surface area (Å²) in [6, 6.07) is 37.4. The summed E-state index contributed by atoms with van der Waals surface area (Å²) in [5, 5.41) is 0. The summed E-state index contributed by atoms with van der Waals surface area (Å²) in [5.74, 6) is 0.375. The maximum absolute atomic E-state index is 13.2. The molecule has 154 valence electrons. The molecule has 4 rings (SSSR count). The van der Waals surface area contributed by atoms with Crippen molar-refractivity contribution < 1.29 is 8.42 Å². The normalized spacial score (nSPS) is 11.8. The van der Waals surface area contributed by atoms with Gasteiger partial charge in [-0.2, -0.15) is 8.42 Å². The lowest BCUT2D eigenvalue weighted by Gasteiger charge is -2.26. The summed E-state index contributed by atoms with van der Waals surface area (Å²) in [7, 11) is -3.91. The Morgan fingerprint density at radius 2 is 1.13 bits per heavy atom. The van der Waals surface area contributed by atoms with Gasteiger partial charge in [-0.1, -0.05) is 97.1 Å². The molecule has 0 amide bonds. The van der Waals surface area contributed by atoms with E-state index in [1.54, 1.807) is 30.3 Å². The van der Waals surface area contributed by atoms with Gasteiger partial charge in [-0.15, -0.1) is 4.40 Å². The minimum absolute atomic E-state index is 0.163. The largest absolute Gasteiger partial charge is 0.321 e. The molecule has 0 aliphatic carbocycles. The molecule has 5 heteroatoms. The summed E-state index contributed by atoms with van der Waals surface area (Å²) >= 11 is 0. The molecule has 31 heavy (non-hydrogen) atoms. The van der Waals surface area contributed by atoms with E-state index in [4.69, 9.17) is 0 Å². The molecule has 0 N–H and O–H groups in total. The van der Waals surface area contributed by atoms with Crippen molar-refractivity contribution in [2.24, 2.45) is 4.40 Å². The molecule has 0 aromatic heterocycles. The molecule has 0 aliphatic heterocycles. The van der Waals surface area contributed by atoms with Crippen molar-refractivity contribution in [3.05, 3.63) is 132 Å². The Morgan fingerprint density at radius 3 is 1.71 bits per heavy atom. The second-order valence-electron chi connectivity index (χ2n) is 6.98. The van der Waals surface area contributed by atoms with E-state index < -0.39 is 10.0 Å². The molecule has 4 aromatic rings. The predicted octanol–water partition coefficient (Wildman–Crippen LogP) is 5.53. The molecule has 0 heterocycles. The monoisotopic (exact) mass is 426 g/mol. The first-order valence-electron chi connectivity index (χ1n) is 9.95. The highest BCUT2D eigenvalue weighted by atomic mass is 32.2. The fourth-order valence-electron chi connectivity index (χ4n) is 3.27. The summed E-state index contributed by atoms with van der Waals surface area (Å²) in [6.45, 7) is 0.475. The molecule has 0 aliphatic rings. The number of nitrogens with zero attached hydrogens (tertiary/aromatic N) is 2. The van der Waals surface area contributed by atoms with E-state index in [0.717, 1.165) is 16.8 Å². The van der Waals surface area contributed by atoms with Gasteiger partial charge in [-0.3, -0.25) is 0 Å². The number of hydrogen-bond donors (Lipinski definition) is 0. The van der Waals surface area contributed by atoms with Crippen LogP contribution in [0, 0.1) is 0 Å². The standard InChI is InChI=1S/C26H22N2O2S/c29-31(30,25-19-11-4-12-20-25)27-26(23-15-7-2-8-16-23)28(24-17-9-3-10-18-24)21-22-13-5-1-6-14-22/h1-20H,21H2/b27-26-. The zero-order chi connectivity index (χ0) is 21.5. The average molecular weight is 427 g/mol. The van der Waals surface area contributed by atoms with Crippen LogP contribution in [0.15, 0.2) is 131 Å². The minimum Gasteiger partial charge on any atom is -0.321 e. The van der Waals surface area contributed by atoms with Gasteiger partial charge in [0, 0.05) is 17.8 Å². The van der Waals surface area contributed by atoms with Crippen LogP contribution in [0.25, 0.3) is 0 Å². The van der Waals surface area contributed by atoms with Gasteiger partial charge < -0.3 is 4.90 Å². The van der Waals surface area contributed by atoms with Crippen LogP contribution in [0.4, 0.5) is 5.69 Å². The second-order valence-corrected chi connectivity index (χ2v) is 8.58. The van der Waals surface area contributed by atoms with Gasteiger partial charge in [0.15, 0.2) is 5.84 Å². The highest BCUT2D eigenvalue weighted by Gasteiger charge is 2.21. The van der Waals surface area contributed by atoms with Crippen molar-refractivity contribution in [2.75, 3.05) is 4.90 Å². The highest BCUT2D eigenvalue weighted by molar-refractivity contribution is 7.90. The van der Waals surface area contributed by atoms with Crippen LogP contribution in [0.3, 0.4) is 0 Å². The highest BCUT2D eigenvalue weighted by Crippen LogP contribution is 2.23. The first kappa shape index (κ1) is 20.6. The molecular formula is C26H22N2O2S. The van der Waals surface area contributed by atoms with Crippen LogP contribution in [0.5, 0.6) is 0 Å². The number of rotatable bonds is 6. The topological polar surface area (TPSA) is 49.7 Å². The van der Waals surface area contributed by atoms with Crippen LogP contribution in [-0.2, 0) is 16.6 Å². The Kier molecular flexibility index (Phi) is 6.24. The van der Waals surface area contributed by atoms with Crippen molar-refractivity contribution in [3.8, 4) is 0 Å². The number of sulfonamides is 1. The third kappa shape index (κ3) is 5.08. The smallest absolute Gasteiger partial charge is 0.284 e. The van der Waals surface area contributed by atoms with Crippen LogP contribution < -0.4 is 4.90 Å². The summed E-state index contributed by atoms with van der Waals surface area (Å²) in [4.78, 5) is 2.10. The number of hydrogen-bond acceptors (Lipinski definition) is 2. The zero-order valence-electron chi connectivity index (χ0n) is 16.9. The zero-order valence-corrected chi connectivity index (χ0v) is 17.7. The van der Waals surface area contributed by atoms with Gasteiger partial charge >= 0.3 is 0 Å². The SMILES string of the molecule is O=S(=O)(/N=C(/c1ccccc1)N(Cc1ccccc1)c1ccccc1)c1ccccc1. The lowest BCUT2D eigenvalue weighted by molar-refractivity contribution is 0.598. The van der Waals surface area contributed by atoms with Crippen LogP contribution in [0.2, 0.25) is 0 Å². The predicted molar refractivity (Wildman–Crippen MR) is 126 cm³/mol. The van der Waals surface area contributed by atoms with Crippen molar-refractivity contribution in [1.29, 1.82) is 0 Å². The number of amidine groups is 1. The minimum atomic E-state index is -3.91. The molecule has 4 nitrogen and oxygen atoms in total. The first-order chi connectivity index (χ1) is 15.1. The van der Waals surface area contributed by atoms with E-state index in [-0.39, 0.29) is 4.90 Å². The van der Waals surface area contributed by atoms with Gasteiger partial charge in [-0.05, 0) is 29.8 Å². The van der Waals surface area contributed by atoms with E-state index in [0.29, 0.717) is 12.4 Å². The van der Waals surface area contributed by atoms with Crippen LogP contribution in [-0.4, -0.2) is 14.3 Å². The third-order valence-corrected chi connectivity index (χ3v) is 6.07. The van der Waals surface area contributed by atoms with E-state index in [2.05, 4.69) is 4.40 Å². The maximum atomic E-state index is 13.2. The van der Waals surface area contributed by atoms with E-state index in [1.165, 1.54) is 0 Å². The van der Waals surface area contributed by atoms with E-state index in [9.17, 15) is 8.42 Å². The number of anilines is 1. The molecule has 0 spiro atoms. The third-order valence-electron chi connectivity index (χ3n) is 4.79. The number of para-hydroxylation sites is 1. The van der Waals surface area contributed by atoms with Gasteiger partial charge in [0.1, 0.15) is 0 Å².